The van der Waals surface area contributed by atoms with E-state index in [1.165, 1.54) is 0 Å². The third-order valence-electron chi connectivity index (χ3n) is 9.99. The van der Waals surface area contributed by atoms with E-state index in [1.54, 1.807) is 0 Å². The first-order valence-electron chi connectivity index (χ1n) is 17.0. The van der Waals surface area contributed by atoms with Crippen LogP contribution < -0.4 is 9.47 Å². The number of rotatable bonds is 10. The van der Waals surface area contributed by atoms with Crippen LogP contribution in [-0.2, 0) is 18.9 Å². The third kappa shape index (κ3) is 6.04. The number of halogens is 1. The van der Waals surface area contributed by atoms with Crippen LogP contribution in [0, 0.1) is 0 Å². The molecule has 4 fully saturated rings. The van der Waals surface area contributed by atoms with Gasteiger partial charge < -0.3 is 28.4 Å². The van der Waals surface area contributed by atoms with Crippen molar-refractivity contribution in [2.75, 3.05) is 39.6 Å². The van der Waals surface area contributed by atoms with E-state index in [-0.39, 0.29) is 55.4 Å². The van der Waals surface area contributed by atoms with Crippen LogP contribution in [0.5, 0.6) is 12.0 Å². The van der Waals surface area contributed by atoms with E-state index in [2.05, 4.69) is 73.3 Å². The van der Waals surface area contributed by atoms with Crippen molar-refractivity contribution in [3.05, 3.63) is 149 Å². The van der Waals surface area contributed by atoms with Crippen LogP contribution in [0.1, 0.15) is 47.2 Å². The molecule has 12 heteroatoms. The van der Waals surface area contributed by atoms with Gasteiger partial charge in [0.2, 0.25) is 5.28 Å². The maximum absolute atomic E-state index is 6.45. The van der Waals surface area contributed by atoms with E-state index in [4.69, 9.17) is 40.0 Å². The highest BCUT2D eigenvalue weighted by atomic mass is 35.5. The summed E-state index contributed by atoms with van der Waals surface area (Å²) in [6.07, 6.45) is -1.31. The third-order valence-corrected chi connectivity index (χ3v) is 10.2. The normalized spacial score (nSPS) is 28.8. The van der Waals surface area contributed by atoms with E-state index in [0.717, 1.165) is 22.3 Å². The Morgan fingerprint density at radius 3 is 1.08 bits per heavy atom. The molecule has 2 unspecified atom stereocenters. The van der Waals surface area contributed by atoms with E-state index in [1.807, 2.05) is 72.8 Å². The first kappa shape index (κ1) is 32.4. The topological polar surface area (TPSA) is 101 Å². The van der Waals surface area contributed by atoms with Gasteiger partial charge in [0.05, 0.1) is 26.4 Å². The molecule has 0 saturated carbocycles. The summed E-state index contributed by atoms with van der Waals surface area (Å²) in [5.41, 5.74) is 2.93. The van der Waals surface area contributed by atoms with Gasteiger partial charge in [-0.3, -0.25) is 0 Å². The summed E-state index contributed by atoms with van der Waals surface area (Å²) in [6.45, 7) is 1.94. The number of aromatic nitrogens is 3. The Hall–Kier alpha value is -4.46. The zero-order chi connectivity index (χ0) is 34.3. The lowest BCUT2D eigenvalue weighted by molar-refractivity contribution is -0.0629. The second-order valence-electron chi connectivity index (χ2n) is 13.3. The zero-order valence-corrected chi connectivity index (χ0v) is 28.4. The molecule has 0 bridgehead atoms. The lowest BCUT2D eigenvalue weighted by Crippen LogP contribution is -2.49. The lowest BCUT2D eigenvalue weighted by atomic mass is 10.0. The van der Waals surface area contributed by atoms with Gasteiger partial charge in [-0.25, -0.2) is 9.80 Å². The van der Waals surface area contributed by atoms with Crippen molar-refractivity contribution in [3.8, 4) is 12.0 Å². The van der Waals surface area contributed by atoms with Crippen molar-refractivity contribution in [2.24, 2.45) is 0 Å². The van der Waals surface area contributed by atoms with Gasteiger partial charge in [-0.15, -0.1) is 4.98 Å². The SMILES string of the molecule is Clc1nc(OCC23CO[C@H](c4ccccc4)N2[C@H](c2ccccc2)OC3)nc(OCC23CO[C@H](c4ccccc4)N2[C@H](c2ccccc2)OC3)n1. The minimum atomic E-state index is -0.609. The molecule has 4 aromatic carbocycles. The predicted octanol–water partition coefficient (Wildman–Crippen LogP) is 6.28. The monoisotopic (exact) mass is 705 g/mol. The van der Waals surface area contributed by atoms with Crippen LogP contribution >= 0.6 is 11.6 Å². The lowest BCUT2D eigenvalue weighted by Gasteiger charge is -2.34. The molecule has 4 aliphatic heterocycles. The molecule has 5 heterocycles. The molecule has 1 aromatic heterocycles. The zero-order valence-electron chi connectivity index (χ0n) is 27.7. The number of nitrogens with zero attached hydrogens (tertiary/aromatic N) is 5. The number of hydrogen-bond donors (Lipinski definition) is 0. The molecule has 5 aromatic rings. The van der Waals surface area contributed by atoms with E-state index in [0.29, 0.717) is 26.4 Å². The standard InChI is InChI=1S/C39H36ClN5O6/c40-35-41-36(50-25-38-21-46-31(27-13-5-1-6-14-27)44(38)32(47-22-38)28-15-7-2-8-16-28)43-37(42-35)51-26-39-23-48-33(29-17-9-3-10-18-29)45(39)34(49-24-39)30-19-11-4-12-20-30/h1-20,31-34H,21-26H2/t31-,32+,33-,34+,38?,39?. The Labute approximate surface area is 300 Å². The summed E-state index contributed by atoms with van der Waals surface area (Å²) in [6, 6.07) is 40.7. The largest absolute Gasteiger partial charge is 0.461 e. The van der Waals surface area contributed by atoms with Crippen LogP contribution in [0.3, 0.4) is 0 Å². The average molecular weight is 706 g/mol. The number of ether oxygens (including phenoxy) is 6. The molecule has 260 valence electrons. The van der Waals surface area contributed by atoms with Gasteiger partial charge in [0.25, 0.3) is 0 Å². The fraction of sp³-hybridized carbons (Fsp3) is 0.308. The van der Waals surface area contributed by atoms with E-state index in [9.17, 15) is 0 Å². The Kier molecular flexibility index (Phi) is 8.64. The second-order valence-corrected chi connectivity index (χ2v) is 13.6. The highest BCUT2D eigenvalue weighted by Crippen LogP contribution is 2.50. The highest BCUT2D eigenvalue weighted by molar-refractivity contribution is 6.28. The quantitative estimate of drug-likeness (QED) is 0.164. The molecule has 9 rings (SSSR count). The second kappa shape index (κ2) is 13.6. The van der Waals surface area contributed by atoms with Crippen LogP contribution in [0.15, 0.2) is 121 Å². The molecular formula is C39H36ClN5O6. The summed E-state index contributed by atoms with van der Waals surface area (Å²) < 4.78 is 38.4. The molecule has 51 heavy (non-hydrogen) atoms. The van der Waals surface area contributed by atoms with Crippen LogP contribution in [0.25, 0.3) is 0 Å². The number of hydrogen-bond acceptors (Lipinski definition) is 11. The van der Waals surface area contributed by atoms with Crippen LogP contribution in [0.4, 0.5) is 0 Å². The van der Waals surface area contributed by atoms with E-state index < -0.39 is 11.1 Å². The minimum Gasteiger partial charge on any atom is -0.461 e. The van der Waals surface area contributed by atoms with Crippen molar-refractivity contribution in [1.82, 2.24) is 24.8 Å². The van der Waals surface area contributed by atoms with Gasteiger partial charge in [0, 0.05) is 0 Å². The van der Waals surface area contributed by atoms with Gasteiger partial charge in [-0.05, 0) is 33.9 Å². The summed E-state index contributed by atoms with van der Waals surface area (Å²) in [5, 5.41) is -0.0388. The summed E-state index contributed by atoms with van der Waals surface area (Å²) in [5.74, 6) is 0. The first-order chi connectivity index (χ1) is 25.1. The molecule has 4 aliphatic rings. The fourth-order valence-electron chi connectivity index (χ4n) is 7.54. The van der Waals surface area contributed by atoms with E-state index >= 15 is 0 Å². The molecule has 0 spiro atoms. The van der Waals surface area contributed by atoms with Crippen molar-refractivity contribution < 1.29 is 28.4 Å². The number of benzene rings is 4. The summed E-state index contributed by atoms with van der Waals surface area (Å²) in [7, 11) is 0. The van der Waals surface area contributed by atoms with Crippen molar-refractivity contribution in [1.29, 1.82) is 0 Å². The molecule has 4 saturated heterocycles. The summed E-state index contributed by atoms with van der Waals surface area (Å²) >= 11 is 6.43. The average Bonchev–Trinajstić information content (AvgIpc) is 3.94. The molecule has 0 N–H and O–H groups in total. The van der Waals surface area contributed by atoms with Crippen molar-refractivity contribution >= 4 is 11.6 Å². The highest BCUT2D eigenvalue weighted by Gasteiger charge is 2.59. The van der Waals surface area contributed by atoms with Gasteiger partial charge in [-0.1, -0.05) is 121 Å². The predicted molar refractivity (Wildman–Crippen MR) is 186 cm³/mol. The summed E-state index contributed by atoms with van der Waals surface area (Å²) in [4.78, 5) is 17.6. The Morgan fingerprint density at radius 1 is 0.490 bits per heavy atom. The minimum absolute atomic E-state index is 0.0388. The van der Waals surface area contributed by atoms with Crippen LogP contribution in [-0.4, -0.2) is 75.5 Å². The van der Waals surface area contributed by atoms with Gasteiger partial charge in [0.15, 0.2) is 0 Å². The molecule has 0 aliphatic carbocycles. The maximum Gasteiger partial charge on any atom is 0.323 e. The Balaban J connectivity index is 0.946. The number of fused-ring (bicyclic) bond motifs is 2. The van der Waals surface area contributed by atoms with Crippen molar-refractivity contribution in [3.63, 3.8) is 0 Å². The molecule has 0 amide bonds. The van der Waals surface area contributed by atoms with Gasteiger partial charge >= 0.3 is 12.0 Å². The van der Waals surface area contributed by atoms with Crippen molar-refractivity contribution in [2.45, 2.75) is 36.0 Å². The molecular weight excluding hydrogens is 670 g/mol. The molecule has 6 atom stereocenters. The van der Waals surface area contributed by atoms with Gasteiger partial charge in [0.1, 0.15) is 49.2 Å². The molecule has 0 radical (unpaired) electrons. The van der Waals surface area contributed by atoms with Gasteiger partial charge in [-0.2, -0.15) is 9.97 Å². The Morgan fingerprint density at radius 2 is 0.784 bits per heavy atom. The maximum atomic E-state index is 6.45. The molecule has 11 nitrogen and oxygen atoms in total. The smallest absolute Gasteiger partial charge is 0.323 e. The Bertz CT molecular complexity index is 1710. The fourth-order valence-corrected chi connectivity index (χ4v) is 7.68. The first-order valence-corrected chi connectivity index (χ1v) is 17.4. The van der Waals surface area contributed by atoms with Crippen LogP contribution in [0.2, 0.25) is 5.28 Å².